The molecule has 0 spiro atoms. The lowest BCUT2D eigenvalue weighted by Gasteiger charge is -2.26. The first-order valence-corrected chi connectivity index (χ1v) is 7.87. The smallest absolute Gasteiger partial charge is 0.313 e. The molecule has 5 heteroatoms. The second-order valence-corrected chi connectivity index (χ2v) is 6.09. The fourth-order valence-electron chi connectivity index (χ4n) is 2.78. The number of amides is 2. The third kappa shape index (κ3) is 4.56. The number of para-hydroxylation sites is 1. The highest BCUT2D eigenvalue weighted by Gasteiger charge is 2.29. The fourth-order valence-corrected chi connectivity index (χ4v) is 2.78. The molecule has 0 bridgehead atoms. The predicted molar refractivity (Wildman–Crippen MR) is 85.5 cm³/mol. The summed E-state index contributed by atoms with van der Waals surface area (Å²) in [6.45, 7) is 1.99. The molecule has 1 fully saturated rings. The van der Waals surface area contributed by atoms with Crippen LogP contribution < -0.4 is 10.6 Å². The molecule has 2 amide bonds. The number of benzene rings is 1. The number of aryl methyl sites for hydroxylation is 1. The van der Waals surface area contributed by atoms with Crippen LogP contribution in [0.1, 0.15) is 44.1 Å². The van der Waals surface area contributed by atoms with Gasteiger partial charge in [-0.15, -0.1) is 0 Å². The maximum absolute atomic E-state index is 11.9. The van der Waals surface area contributed by atoms with Gasteiger partial charge in [-0.25, -0.2) is 0 Å². The first-order chi connectivity index (χ1) is 10.5. The second-order valence-electron chi connectivity index (χ2n) is 6.09. The van der Waals surface area contributed by atoms with E-state index in [0.29, 0.717) is 18.5 Å². The number of anilines is 1. The number of nitrogens with one attached hydrogen (secondary N) is 2. The minimum atomic E-state index is -0.880. The Balaban J connectivity index is 1.86. The van der Waals surface area contributed by atoms with E-state index >= 15 is 0 Å². The van der Waals surface area contributed by atoms with Gasteiger partial charge < -0.3 is 15.7 Å². The first kappa shape index (κ1) is 16.5. The molecule has 0 atom stereocenters. The molecule has 1 aliphatic rings. The zero-order valence-corrected chi connectivity index (χ0v) is 13.0. The highest BCUT2D eigenvalue weighted by molar-refractivity contribution is 6.39. The zero-order valence-electron chi connectivity index (χ0n) is 13.0. The lowest BCUT2D eigenvalue weighted by molar-refractivity contribution is -0.136. The predicted octanol–water partition coefficient (Wildman–Crippen LogP) is 2.14. The summed E-state index contributed by atoms with van der Waals surface area (Å²) in [6, 6.07) is 7.28. The van der Waals surface area contributed by atoms with Crippen molar-refractivity contribution >= 4 is 17.5 Å². The van der Waals surface area contributed by atoms with Gasteiger partial charge in [-0.05, 0) is 31.4 Å². The van der Waals surface area contributed by atoms with Crippen molar-refractivity contribution in [3.05, 3.63) is 29.8 Å². The molecule has 5 nitrogen and oxygen atoms in total. The van der Waals surface area contributed by atoms with Crippen LogP contribution in [0.2, 0.25) is 0 Å². The molecule has 1 aliphatic carbocycles. The quantitative estimate of drug-likeness (QED) is 0.591. The van der Waals surface area contributed by atoms with E-state index in [4.69, 9.17) is 0 Å². The number of aliphatic hydroxyl groups is 1. The standard InChI is InChI=1S/C17H24N2O3/c1-13-8-4-5-9-14(13)19-16(21)15(20)18-12-17(22)10-6-2-3-7-11-17/h4-5,8-9,22H,2-3,6-7,10-12H2,1H3,(H,18,20)(H,19,21). The maximum atomic E-state index is 11.9. The number of carbonyl (C=O) groups excluding carboxylic acids is 2. The zero-order chi connectivity index (χ0) is 16.0. The van der Waals surface area contributed by atoms with E-state index in [2.05, 4.69) is 10.6 Å². The minimum Gasteiger partial charge on any atom is -0.388 e. The van der Waals surface area contributed by atoms with Crippen molar-refractivity contribution in [2.24, 2.45) is 0 Å². The van der Waals surface area contributed by atoms with Gasteiger partial charge in [0.1, 0.15) is 0 Å². The molecule has 1 saturated carbocycles. The van der Waals surface area contributed by atoms with Gasteiger partial charge in [0.25, 0.3) is 0 Å². The molecule has 1 aromatic rings. The molecule has 2 rings (SSSR count). The summed E-state index contributed by atoms with van der Waals surface area (Å²) < 4.78 is 0. The molecule has 22 heavy (non-hydrogen) atoms. The maximum Gasteiger partial charge on any atom is 0.313 e. The normalized spacial score (nSPS) is 17.4. The Morgan fingerprint density at radius 2 is 1.73 bits per heavy atom. The Morgan fingerprint density at radius 1 is 1.09 bits per heavy atom. The van der Waals surface area contributed by atoms with Crippen molar-refractivity contribution in [1.29, 1.82) is 0 Å². The van der Waals surface area contributed by atoms with Crippen LogP contribution in [0.15, 0.2) is 24.3 Å². The number of hydrogen-bond acceptors (Lipinski definition) is 3. The van der Waals surface area contributed by atoms with E-state index in [-0.39, 0.29) is 6.54 Å². The van der Waals surface area contributed by atoms with Crippen molar-refractivity contribution in [3.63, 3.8) is 0 Å². The van der Waals surface area contributed by atoms with Crippen molar-refractivity contribution in [2.75, 3.05) is 11.9 Å². The lowest BCUT2D eigenvalue weighted by Crippen LogP contribution is -2.46. The third-order valence-corrected chi connectivity index (χ3v) is 4.21. The van der Waals surface area contributed by atoms with Crippen LogP contribution in [0, 0.1) is 6.92 Å². The molecule has 1 aromatic carbocycles. The Kier molecular flexibility index (Phi) is 5.55. The van der Waals surface area contributed by atoms with Crippen LogP contribution in [0.4, 0.5) is 5.69 Å². The number of carbonyl (C=O) groups is 2. The highest BCUT2D eigenvalue weighted by Crippen LogP contribution is 2.26. The van der Waals surface area contributed by atoms with Crippen molar-refractivity contribution in [3.8, 4) is 0 Å². The molecule has 120 valence electrons. The van der Waals surface area contributed by atoms with Gasteiger partial charge in [0, 0.05) is 12.2 Å². The summed E-state index contributed by atoms with van der Waals surface area (Å²) >= 11 is 0. The number of rotatable bonds is 3. The van der Waals surface area contributed by atoms with Gasteiger partial charge in [-0.2, -0.15) is 0 Å². The fraction of sp³-hybridized carbons (Fsp3) is 0.529. The average molecular weight is 304 g/mol. The molecule has 3 N–H and O–H groups in total. The van der Waals surface area contributed by atoms with Crippen LogP contribution in [-0.4, -0.2) is 29.1 Å². The SMILES string of the molecule is Cc1ccccc1NC(=O)C(=O)NCC1(O)CCCCCC1. The van der Waals surface area contributed by atoms with Crippen LogP contribution in [-0.2, 0) is 9.59 Å². The van der Waals surface area contributed by atoms with Crippen LogP contribution in [0.25, 0.3) is 0 Å². The minimum absolute atomic E-state index is 0.132. The van der Waals surface area contributed by atoms with E-state index in [1.165, 1.54) is 0 Å². The molecule has 0 radical (unpaired) electrons. The summed E-state index contributed by atoms with van der Waals surface area (Å²) in [7, 11) is 0. The Morgan fingerprint density at radius 3 is 2.36 bits per heavy atom. The van der Waals surface area contributed by atoms with Gasteiger partial charge in [-0.3, -0.25) is 9.59 Å². The molecule has 0 unspecified atom stereocenters. The molecular weight excluding hydrogens is 280 g/mol. The topological polar surface area (TPSA) is 78.4 Å². The van der Waals surface area contributed by atoms with Gasteiger partial charge in [0.15, 0.2) is 0 Å². The first-order valence-electron chi connectivity index (χ1n) is 7.87. The summed E-state index contributed by atoms with van der Waals surface area (Å²) in [5.41, 5.74) is 0.636. The van der Waals surface area contributed by atoms with Crippen molar-refractivity contribution in [2.45, 2.75) is 51.0 Å². The lowest BCUT2D eigenvalue weighted by atomic mass is 9.94. The summed E-state index contributed by atoms with van der Waals surface area (Å²) in [5.74, 6) is -1.41. The van der Waals surface area contributed by atoms with Crippen molar-refractivity contribution < 1.29 is 14.7 Å². The summed E-state index contributed by atoms with van der Waals surface area (Å²) in [6.07, 6.45) is 5.50. The van der Waals surface area contributed by atoms with Gasteiger partial charge >= 0.3 is 11.8 Å². The van der Waals surface area contributed by atoms with E-state index in [1.807, 2.05) is 19.1 Å². The van der Waals surface area contributed by atoms with E-state index in [9.17, 15) is 14.7 Å². The average Bonchev–Trinajstić information content (AvgIpc) is 2.72. The Labute approximate surface area is 131 Å². The highest BCUT2D eigenvalue weighted by atomic mass is 16.3. The molecule has 0 saturated heterocycles. The monoisotopic (exact) mass is 304 g/mol. The second kappa shape index (κ2) is 7.40. The van der Waals surface area contributed by atoms with Crippen molar-refractivity contribution in [1.82, 2.24) is 5.32 Å². The largest absolute Gasteiger partial charge is 0.388 e. The summed E-state index contributed by atoms with van der Waals surface area (Å²) in [5, 5.41) is 15.6. The molecule has 0 heterocycles. The third-order valence-electron chi connectivity index (χ3n) is 4.21. The van der Waals surface area contributed by atoms with E-state index in [1.54, 1.807) is 12.1 Å². The van der Waals surface area contributed by atoms with Crippen LogP contribution in [0.3, 0.4) is 0 Å². The summed E-state index contributed by atoms with van der Waals surface area (Å²) in [4.78, 5) is 23.8. The molecular formula is C17H24N2O3. The Bertz CT molecular complexity index is 534. The van der Waals surface area contributed by atoms with E-state index < -0.39 is 17.4 Å². The van der Waals surface area contributed by atoms with Crippen LogP contribution >= 0.6 is 0 Å². The molecule has 0 aliphatic heterocycles. The molecule has 0 aromatic heterocycles. The number of hydrogen-bond donors (Lipinski definition) is 3. The van der Waals surface area contributed by atoms with Crippen LogP contribution in [0.5, 0.6) is 0 Å². The van der Waals surface area contributed by atoms with Gasteiger partial charge in [0.05, 0.1) is 5.60 Å². The van der Waals surface area contributed by atoms with Gasteiger partial charge in [0.2, 0.25) is 0 Å². The van der Waals surface area contributed by atoms with E-state index in [0.717, 1.165) is 31.2 Å². The van der Waals surface area contributed by atoms with Gasteiger partial charge in [-0.1, -0.05) is 43.9 Å². The Hall–Kier alpha value is -1.88.